The van der Waals surface area contributed by atoms with Gasteiger partial charge in [0.2, 0.25) is 0 Å². The lowest BCUT2D eigenvalue weighted by molar-refractivity contribution is -0.141. The zero-order valence-electron chi connectivity index (χ0n) is 15.2. The molecule has 0 aliphatic rings. The van der Waals surface area contributed by atoms with Gasteiger partial charge in [0.1, 0.15) is 12.0 Å². The number of halogens is 4. The van der Waals surface area contributed by atoms with Gasteiger partial charge < -0.3 is 9.88 Å². The molecule has 2 heterocycles. The molecule has 0 fully saturated rings. The standard InChI is InChI=1S/C18H15ClF3N5OS/c1-10(29-17-26-23-9-27(17)2)11-4-3-5-12(8-11)24-16(28)14-7-6-13(19)15(25-14)18(20,21)22/h3-10H,1-2H3,(H,24,28)/t10-/m0/s1. The highest BCUT2D eigenvalue weighted by Crippen LogP contribution is 2.35. The van der Waals surface area contributed by atoms with Gasteiger partial charge >= 0.3 is 6.18 Å². The van der Waals surface area contributed by atoms with Crippen LogP contribution in [0.15, 0.2) is 47.9 Å². The van der Waals surface area contributed by atoms with Gasteiger partial charge in [0.25, 0.3) is 5.91 Å². The number of aromatic nitrogens is 4. The van der Waals surface area contributed by atoms with Crippen molar-refractivity contribution < 1.29 is 18.0 Å². The van der Waals surface area contributed by atoms with Crippen LogP contribution in [0.5, 0.6) is 0 Å². The summed E-state index contributed by atoms with van der Waals surface area (Å²) >= 11 is 7.03. The van der Waals surface area contributed by atoms with Crippen LogP contribution < -0.4 is 5.32 Å². The number of aryl methyl sites for hydroxylation is 1. The molecule has 0 aliphatic heterocycles. The molecule has 1 amide bonds. The van der Waals surface area contributed by atoms with E-state index in [0.717, 1.165) is 22.9 Å². The van der Waals surface area contributed by atoms with Crippen LogP contribution in [-0.2, 0) is 13.2 Å². The summed E-state index contributed by atoms with van der Waals surface area (Å²) in [6.45, 7) is 1.97. The number of hydrogen-bond acceptors (Lipinski definition) is 5. The molecule has 3 aromatic rings. The second-order valence-electron chi connectivity index (χ2n) is 6.09. The number of nitrogens with one attached hydrogen (secondary N) is 1. The van der Waals surface area contributed by atoms with Crippen molar-refractivity contribution in [2.24, 2.45) is 7.05 Å². The van der Waals surface area contributed by atoms with Crippen LogP contribution in [-0.4, -0.2) is 25.7 Å². The lowest BCUT2D eigenvalue weighted by Crippen LogP contribution is -2.17. The number of anilines is 1. The number of benzene rings is 1. The fourth-order valence-corrected chi connectivity index (χ4v) is 3.56. The predicted octanol–water partition coefficient (Wildman–Crippen LogP) is 4.99. The van der Waals surface area contributed by atoms with Gasteiger partial charge in [0, 0.05) is 18.0 Å². The number of alkyl halides is 3. The summed E-state index contributed by atoms with van der Waals surface area (Å²) in [6, 6.07) is 9.15. The molecule has 0 aliphatic carbocycles. The number of hydrogen-bond donors (Lipinski definition) is 1. The Morgan fingerprint density at radius 1 is 1.28 bits per heavy atom. The van der Waals surface area contributed by atoms with E-state index < -0.39 is 22.8 Å². The Morgan fingerprint density at radius 3 is 2.69 bits per heavy atom. The Balaban J connectivity index is 1.76. The molecular formula is C18H15ClF3N5OS. The Hall–Kier alpha value is -2.59. The van der Waals surface area contributed by atoms with Gasteiger partial charge in [-0.1, -0.05) is 35.5 Å². The molecule has 1 N–H and O–H groups in total. The van der Waals surface area contributed by atoms with Gasteiger partial charge in [0.15, 0.2) is 10.9 Å². The molecule has 1 aromatic carbocycles. The maximum Gasteiger partial charge on any atom is 0.434 e. The minimum absolute atomic E-state index is 0.000223. The zero-order valence-corrected chi connectivity index (χ0v) is 16.8. The first-order valence-electron chi connectivity index (χ1n) is 8.31. The monoisotopic (exact) mass is 441 g/mol. The smallest absolute Gasteiger partial charge is 0.321 e. The highest BCUT2D eigenvalue weighted by atomic mass is 35.5. The lowest BCUT2D eigenvalue weighted by atomic mass is 10.1. The van der Waals surface area contributed by atoms with Crippen molar-refractivity contribution in [3.8, 4) is 0 Å². The summed E-state index contributed by atoms with van der Waals surface area (Å²) < 4.78 is 40.6. The fourth-order valence-electron chi connectivity index (χ4n) is 2.44. The molecule has 1 atom stereocenters. The second kappa shape index (κ2) is 8.42. The molecule has 11 heteroatoms. The predicted molar refractivity (Wildman–Crippen MR) is 104 cm³/mol. The summed E-state index contributed by atoms with van der Waals surface area (Å²) in [5, 5.41) is 10.6. The van der Waals surface area contributed by atoms with Crippen LogP contribution in [0.25, 0.3) is 0 Å². The quantitative estimate of drug-likeness (QED) is 0.565. The average Bonchev–Trinajstić information content (AvgIpc) is 3.06. The van der Waals surface area contributed by atoms with Gasteiger partial charge in [0.05, 0.1) is 5.02 Å². The van der Waals surface area contributed by atoms with Gasteiger partial charge in [-0.15, -0.1) is 10.2 Å². The van der Waals surface area contributed by atoms with Crippen LogP contribution in [0, 0.1) is 0 Å². The topological polar surface area (TPSA) is 72.7 Å². The van der Waals surface area contributed by atoms with Crippen LogP contribution in [0.2, 0.25) is 5.02 Å². The zero-order chi connectivity index (χ0) is 21.2. The first-order valence-corrected chi connectivity index (χ1v) is 9.56. The Morgan fingerprint density at radius 2 is 2.03 bits per heavy atom. The van der Waals surface area contributed by atoms with Crippen molar-refractivity contribution in [1.82, 2.24) is 19.7 Å². The summed E-state index contributed by atoms with van der Waals surface area (Å²) in [4.78, 5) is 15.7. The number of amides is 1. The maximum absolute atomic E-state index is 13.0. The van der Waals surface area contributed by atoms with E-state index in [-0.39, 0.29) is 10.9 Å². The number of carbonyl (C=O) groups excluding carboxylic acids is 1. The van der Waals surface area contributed by atoms with E-state index in [9.17, 15) is 18.0 Å². The molecule has 2 aromatic heterocycles. The van der Waals surface area contributed by atoms with Crippen LogP contribution in [0.1, 0.15) is 33.9 Å². The number of pyridine rings is 1. The average molecular weight is 442 g/mol. The van der Waals surface area contributed by atoms with Crippen LogP contribution in [0.4, 0.5) is 18.9 Å². The lowest BCUT2D eigenvalue weighted by Gasteiger charge is -2.13. The summed E-state index contributed by atoms with van der Waals surface area (Å²) in [7, 11) is 1.83. The molecule has 0 saturated carbocycles. The van der Waals surface area contributed by atoms with Crippen molar-refractivity contribution in [3.63, 3.8) is 0 Å². The van der Waals surface area contributed by atoms with Crippen molar-refractivity contribution in [2.75, 3.05) is 5.32 Å². The molecule has 3 rings (SSSR count). The molecular weight excluding hydrogens is 427 g/mol. The largest absolute Gasteiger partial charge is 0.434 e. The molecule has 0 unspecified atom stereocenters. The minimum atomic E-state index is -4.75. The molecule has 152 valence electrons. The van der Waals surface area contributed by atoms with E-state index >= 15 is 0 Å². The van der Waals surface area contributed by atoms with Crippen molar-refractivity contribution >= 4 is 35.0 Å². The molecule has 0 spiro atoms. The minimum Gasteiger partial charge on any atom is -0.321 e. The summed E-state index contributed by atoms with van der Waals surface area (Å²) in [6.07, 6.45) is -3.15. The summed E-state index contributed by atoms with van der Waals surface area (Å²) in [5.74, 6) is -0.766. The molecule has 0 saturated heterocycles. The van der Waals surface area contributed by atoms with E-state index in [1.807, 2.05) is 20.0 Å². The third-order valence-electron chi connectivity index (χ3n) is 3.91. The van der Waals surface area contributed by atoms with E-state index in [0.29, 0.717) is 5.69 Å². The molecule has 0 bridgehead atoms. The number of rotatable bonds is 5. The number of carbonyl (C=O) groups is 1. The Labute approximate surface area is 173 Å². The summed E-state index contributed by atoms with van der Waals surface area (Å²) in [5.41, 5.74) is -0.345. The first kappa shape index (κ1) is 21.1. The third kappa shape index (κ3) is 5.07. The van der Waals surface area contributed by atoms with Crippen molar-refractivity contribution in [2.45, 2.75) is 23.5 Å². The second-order valence-corrected chi connectivity index (χ2v) is 7.80. The van der Waals surface area contributed by atoms with Gasteiger partial charge in [-0.2, -0.15) is 13.2 Å². The van der Waals surface area contributed by atoms with E-state index in [2.05, 4.69) is 20.5 Å². The van der Waals surface area contributed by atoms with Crippen molar-refractivity contribution in [1.29, 1.82) is 0 Å². The third-order valence-corrected chi connectivity index (χ3v) is 5.42. The van der Waals surface area contributed by atoms with Gasteiger partial charge in [-0.3, -0.25) is 4.79 Å². The first-order chi connectivity index (χ1) is 13.6. The van der Waals surface area contributed by atoms with Crippen LogP contribution >= 0.6 is 23.4 Å². The van der Waals surface area contributed by atoms with Crippen molar-refractivity contribution in [3.05, 3.63) is 64.7 Å². The van der Waals surface area contributed by atoms with E-state index in [4.69, 9.17) is 11.6 Å². The Kier molecular flexibility index (Phi) is 6.13. The van der Waals surface area contributed by atoms with Gasteiger partial charge in [-0.05, 0) is 36.8 Å². The normalized spacial score (nSPS) is 12.6. The van der Waals surface area contributed by atoms with E-state index in [1.54, 1.807) is 29.1 Å². The Bertz CT molecular complexity index is 1040. The SMILES string of the molecule is C[C@H](Sc1nncn1C)c1cccc(NC(=O)c2ccc(Cl)c(C(F)(F)F)n2)c1. The fraction of sp³-hybridized carbons (Fsp3) is 0.222. The number of nitrogens with zero attached hydrogens (tertiary/aromatic N) is 4. The van der Waals surface area contributed by atoms with Crippen LogP contribution in [0.3, 0.4) is 0 Å². The highest BCUT2D eigenvalue weighted by molar-refractivity contribution is 7.99. The molecule has 0 radical (unpaired) electrons. The highest BCUT2D eigenvalue weighted by Gasteiger charge is 2.36. The van der Waals surface area contributed by atoms with E-state index in [1.165, 1.54) is 11.8 Å². The number of thioether (sulfide) groups is 1. The molecule has 6 nitrogen and oxygen atoms in total. The molecule has 29 heavy (non-hydrogen) atoms. The van der Waals surface area contributed by atoms with Gasteiger partial charge in [-0.25, -0.2) is 4.98 Å². The maximum atomic E-state index is 13.0.